The molecule has 0 saturated carbocycles. The molecule has 1 unspecified atom stereocenters. The van der Waals surface area contributed by atoms with Crippen LogP contribution in [0.25, 0.3) is 22.3 Å². The molecule has 1 aromatic heterocycles. The Kier molecular flexibility index (Phi) is 69.2. The lowest BCUT2D eigenvalue weighted by Gasteiger charge is -2.24. The van der Waals surface area contributed by atoms with E-state index in [4.69, 9.17) is 58.7 Å². The van der Waals surface area contributed by atoms with E-state index >= 15 is 0 Å². The van der Waals surface area contributed by atoms with Crippen molar-refractivity contribution in [1.29, 1.82) is 0 Å². The summed E-state index contributed by atoms with van der Waals surface area (Å²) in [4.78, 5) is 124. The molecule has 5 aromatic rings. The summed E-state index contributed by atoms with van der Waals surface area (Å²) in [6, 6.07) is 31.2. The van der Waals surface area contributed by atoms with Crippen molar-refractivity contribution < 1.29 is 120 Å². The topological polar surface area (TPSA) is 478 Å². The highest BCUT2D eigenvalue weighted by Gasteiger charge is 2.33. The molecule has 32 nitrogen and oxygen atoms in total. The number of nitrogens with zero attached hydrogens (tertiary/aromatic N) is 3. The number of amides is 3. The molecule has 0 aliphatic heterocycles. The Bertz CT molecular complexity index is 4460. The van der Waals surface area contributed by atoms with Gasteiger partial charge in [-0.3, -0.25) is 38.3 Å². The third kappa shape index (κ3) is 68.6. The van der Waals surface area contributed by atoms with E-state index in [1.807, 2.05) is 119 Å². The quantitative estimate of drug-likeness (QED) is 0.00991. The number of benzene rings is 4. The maximum atomic E-state index is 12.5. The summed E-state index contributed by atoms with van der Waals surface area (Å²) >= 11 is 0. The van der Waals surface area contributed by atoms with Crippen LogP contribution in [0.2, 0.25) is 0 Å². The number of hydrogen-bond acceptors (Lipinski definition) is 23. The van der Waals surface area contributed by atoms with Gasteiger partial charge in [0.15, 0.2) is 5.82 Å². The molecular formula is C112H177N7O25S. The summed E-state index contributed by atoms with van der Waals surface area (Å²) < 4.78 is 62.3. The number of aromatic nitrogens is 4. The molecule has 1 heterocycles. The number of rotatable bonds is 74. The third-order valence-electron chi connectivity index (χ3n) is 24.1. The molecular weight excluding hydrogens is 1880 g/mol. The van der Waals surface area contributed by atoms with Crippen molar-refractivity contribution in [2.24, 2.45) is 0 Å². The first-order valence-corrected chi connectivity index (χ1v) is 55.4. The first-order chi connectivity index (χ1) is 69.3. The number of hydrogen-bond donors (Lipinski definition) is 9. The second-order valence-corrected chi connectivity index (χ2v) is 42.5. The zero-order chi connectivity index (χ0) is 107. The molecule has 9 N–H and O–H groups in total. The zero-order valence-corrected chi connectivity index (χ0v) is 89.6. The summed E-state index contributed by atoms with van der Waals surface area (Å²) in [6.07, 6.45) is 52.3. The number of carbonyl (C=O) groups is 11. The summed E-state index contributed by atoms with van der Waals surface area (Å²) in [6.45, 7) is 17.6. The maximum Gasteiger partial charge on any atom is 0.407 e. The van der Waals surface area contributed by atoms with Crippen LogP contribution in [0.15, 0.2) is 97.1 Å². The standard InChI is InChI=1S/C24H27NO6.C24H46O4.C22H42O4.C21H39N5O5S.C21H23NO6/c1-24(2,3)31-22(28)20(12-13-21(26)27)25-23(29)30-14-19-17-10-6-4-8-15(17)16-9-5-7-11-18(16)19;1-24(2,3)28-23(27)21-19-17-15-13-11-9-7-5-4-6-8-10-12-14-16-18-20-22(25)26;1-22(2,3)26-21(25)19-17-15-13-11-9-7-5-4-6-8-10-12-14-16-18-20(23)24;27-20(24-32(30,31)18-14-17-21(28)29)16-13-11-9-7-5-3-1-2-4-6-8-10-12-15-19-22-25-26-23-19;23-20(24)14-27-12-11-26-10-9-22-21(25)28-13-19-17-7-3-1-5-15(17)16-6-2-4-8-18(16)19/h4-11,19-20H,12-14H2,1-3H3,(H,25,29)(H,26,27);4-21H2,1-3H3,(H,25,26);4-19H2,1-3H3,(H,23,24);1-18H2,(H,24,27)(H,28,29)(H,22,23,25,26);1-8,19H,9-14H2,(H,22,25)(H,23,24). The number of H-pyrrole nitrogens is 1. The fraction of sp³-hybridized carbons (Fsp3) is 0.679. The van der Waals surface area contributed by atoms with Crippen LogP contribution in [0.4, 0.5) is 9.59 Å². The summed E-state index contributed by atoms with van der Waals surface area (Å²) in [5, 5.41) is 62.1. The number of carbonyl (C=O) groups excluding carboxylic acids is 6. The summed E-state index contributed by atoms with van der Waals surface area (Å²) in [5.74, 6) is -5.43. The number of carboxylic acids is 5. The predicted octanol–water partition coefficient (Wildman–Crippen LogP) is 24.3. The minimum absolute atomic E-state index is 0.000550. The van der Waals surface area contributed by atoms with Crippen molar-refractivity contribution in [2.45, 2.75) is 437 Å². The number of esters is 3. The predicted molar refractivity (Wildman–Crippen MR) is 562 cm³/mol. The van der Waals surface area contributed by atoms with Gasteiger partial charge >= 0.3 is 59.9 Å². The van der Waals surface area contributed by atoms with E-state index in [-0.39, 0.29) is 106 Å². The van der Waals surface area contributed by atoms with Crippen molar-refractivity contribution >= 4 is 75.9 Å². The Morgan fingerprint density at radius 1 is 0.359 bits per heavy atom. The van der Waals surface area contributed by atoms with Crippen molar-refractivity contribution in [2.75, 3.05) is 51.9 Å². The zero-order valence-electron chi connectivity index (χ0n) is 88.8. The van der Waals surface area contributed by atoms with Gasteiger partial charge in [0.25, 0.3) is 0 Å². The molecule has 145 heavy (non-hydrogen) atoms. The molecule has 33 heteroatoms. The summed E-state index contributed by atoms with van der Waals surface area (Å²) in [5.41, 5.74) is 7.59. The van der Waals surface area contributed by atoms with Crippen molar-refractivity contribution in [3.63, 3.8) is 0 Å². The van der Waals surface area contributed by atoms with Gasteiger partial charge in [-0.25, -0.2) is 27.6 Å². The third-order valence-corrected chi connectivity index (χ3v) is 25.4. The monoisotopic (exact) mass is 2050 g/mol. The number of sulfonamides is 1. The molecule has 0 bridgehead atoms. The maximum absolute atomic E-state index is 12.5. The van der Waals surface area contributed by atoms with Crippen molar-refractivity contribution in [1.82, 2.24) is 36.0 Å². The number of alkyl carbamates (subject to hydrolysis) is 2. The van der Waals surface area contributed by atoms with E-state index in [9.17, 15) is 61.2 Å². The number of aromatic amines is 1. The lowest BCUT2D eigenvalue weighted by molar-refractivity contribution is -0.158. The highest BCUT2D eigenvalue weighted by molar-refractivity contribution is 7.90. The normalized spacial score (nSPS) is 12.1. The van der Waals surface area contributed by atoms with E-state index in [0.717, 1.165) is 112 Å². The van der Waals surface area contributed by atoms with Gasteiger partial charge in [0.2, 0.25) is 15.9 Å². The number of ether oxygens (including phenoxy) is 7. The molecule has 816 valence electrons. The van der Waals surface area contributed by atoms with Gasteiger partial charge in [-0.15, -0.1) is 10.2 Å². The second-order valence-electron chi connectivity index (χ2n) is 40.6. The first kappa shape index (κ1) is 129. The second kappa shape index (κ2) is 77.9. The Morgan fingerprint density at radius 3 is 1.00 bits per heavy atom. The molecule has 1 atom stereocenters. The van der Waals surface area contributed by atoms with Gasteiger partial charge in [0.1, 0.15) is 42.7 Å². The highest BCUT2D eigenvalue weighted by Crippen LogP contribution is 2.46. The van der Waals surface area contributed by atoms with Crippen LogP contribution < -0.4 is 15.4 Å². The average molecular weight is 2050 g/mol. The van der Waals surface area contributed by atoms with Gasteiger partial charge in [0, 0.05) is 69.7 Å². The van der Waals surface area contributed by atoms with Gasteiger partial charge in [0.05, 0.1) is 25.6 Å². The van der Waals surface area contributed by atoms with E-state index in [1.165, 1.54) is 215 Å². The van der Waals surface area contributed by atoms with Crippen LogP contribution >= 0.6 is 0 Å². The molecule has 0 spiro atoms. The average Bonchev–Trinajstić information content (AvgIpc) is 1.62. The molecule has 0 saturated heterocycles. The van der Waals surface area contributed by atoms with Crippen LogP contribution in [0, 0.1) is 0 Å². The Hall–Kier alpha value is -10.4. The first-order valence-electron chi connectivity index (χ1n) is 53.7. The number of aliphatic carboxylic acids is 5. The smallest absolute Gasteiger partial charge is 0.407 e. The SMILES string of the molecule is CC(C)(C)OC(=O)C(CCC(=O)O)NC(=O)OCC1c2ccccc2-c2ccccc21.CC(C)(C)OC(=O)CCCCCCCCCCCCCCCCC(=O)O.CC(C)(C)OC(=O)CCCCCCCCCCCCCCCCCCC(=O)O.O=C(O)CCCS(=O)(=O)NC(=O)CCCCCCCCCCCCCCCc1nn[nH]n1.O=C(O)COCCOCCNC(=O)OCC1c2ccccc2-c2ccccc21. The number of nitrogens with one attached hydrogen (secondary N) is 4. The molecule has 0 radical (unpaired) electrons. The highest BCUT2D eigenvalue weighted by atomic mass is 32.2. The minimum atomic E-state index is -3.73. The van der Waals surface area contributed by atoms with Crippen molar-refractivity contribution in [3.8, 4) is 22.3 Å². The molecule has 2 aliphatic rings. The number of tetrazole rings is 1. The number of unbranched alkanes of at least 4 members (excludes halogenated alkanes) is 40. The molecule has 3 amide bonds. The molecule has 4 aromatic carbocycles. The van der Waals surface area contributed by atoms with E-state index in [1.54, 1.807) is 20.8 Å². The largest absolute Gasteiger partial charge is 0.481 e. The van der Waals surface area contributed by atoms with Gasteiger partial charge in [-0.1, -0.05) is 340 Å². The lowest BCUT2D eigenvalue weighted by Crippen LogP contribution is -2.44. The van der Waals surface area contributed by atoms with Crippen LogP contribution in [0.3, 0.4) is 0 Å². The lowest BCUT2D eigenvalue weighted by atomic mass is 9.98. The minimum Gasteiger partial charge on any atom is -0.481 e. The van der Waals surface area contributed by atoms with Crippen LogP contribution in [-0.4, -0.2) is 195 Å². The molecule has 0 fully saturated rings. The Labute approximate surface area is 863 Å². The van der Waals surface area contributed by atoms with Crippen LogP contribution in [0.1, 0.15) is 436 Å². The van der Waals surface area contributed by atoms with Gasteiger partial charge in [-0.2, -0.15) is 5.21 Å². The number of fused-ring (bicyclic) bond motifs is 6. The van der Waals surface area contributed by atoms with E-state index < -0.39 is 75.6 Å². The Balaban J connectivity index is 0.000000467. The molecule has 2 aliphatic carbocycles. The molecule has 7 rings (SSSR count). The fourth-order valence-electron chi connectivity index (χ4n) is 16.9. The summed E-state index contributed by atoms with van der Waals surface area (Å²) in [7, 11) is -3.73. The Morgan fingerprint density at radius 2 is 0.669 bits per heavy atom. The van der Waals surface area contributed by atoms with Crippen molar-refractivity contribution in [3.05, 3.63) is 125 Å². The van der Waals surface area contributed by atoms with E-state index in [0.29, 0.717) is 45.3 Å². The van der Waals surface area contributed by atoms with E-state index in [2.05, 4.69) is 55.5 Å². The van der Waals surface area contributed by atoms with Gasteiger partial charge < -0.3 is 69.3 Å². The van der Waals surface area contributed by atoms with Gasteiger partial charge in [-0.05, 0) is 158 Å². The van der Waals surface area contributed by atoms with Crippen LogP contribution in [0.5, 0.6) is 0 Å². The fourth-order valence-corrected chi connectivity index (χ4v) is 18.0. The number of aryl methyl sites for hydroxylation is 1. The van der Waals surface area contributed by atoms with Crippen LogP contribution in [-0.2, 0) is 92.8 Å². The number of carboxylic acid groups (broad SMARTS) is 5.